The third kappa shape index (κ3) is 4.45. The van der Waals surface area contributed by atoms with E-state index < -0.39 is 0 Å². The molecular formula is C17H26N2O3. The second-order valence-corrected chi connectivity index (χ2v) is 6.60. The van der Waals surface area contributed by atoms with Crippen molar-refractivity contribution in [2.24, 2.45) is 11.1 Å². The van der Waals surface area contributed by atoms with Gasteiger partial charge < -0.3 is 15.2 Å². The number of hydrogen-bond acceptors (Lipinski definition) is 5. The molecule has 0 aliphatic carbocycles. The van der Waals surface area contributed by atoms with Gasteiger partial charge in [-0.3, -0.25) is 4.90 Å². The van der Waals surface area contributed by atoms with E-state index in [4.69, 9.17) is 10.5 Å². The quantitative estimate of drug-likeness (QED) is 0.840. The predicted octanol–water partition coefficient (Wildman–Crippen LogP) is 1.80. The van der Waals surface area contributed by atoms with Crippen molar-refractivity contribution in [3.8, 4) is 5.75 Å². The number of methoxy groups -OCH3 is 1. The van der Waals surface area contributed by atoms with Gasteiger partial charge in [-0.2, -0.15) is 0 Å². The van der Waals surface area contributed by atoms with E-state index >= 15 is 0 Å². The van der Waals surface area contributed by atoms with E-state index in [2.05, 4.69) is 23.5 Å². The smallest absolute Gasteiger partial charge is 0.343 e. The van der Waals surface area contributed by atoms with Gasteiger partial charge in [0.25, 0.3) is 0 Å². The molecule has 1 aliphatic heterocycles. The minimum absolute atomic E-state index is 0.0615. The van der Waals surface area contributed by atoms with Crippen LogP contribution in [0.15, 0.2) is 24.3 Å². The summed E-state index contributed by atoms with van der Waals surface area (Å²) in [5.41, 5.74) is 7.56. The molecule has 1 atom stereocenters. The van der Waals surface area contributed by atoms with E-state index in [1.807, 2.05) is 24.3 Å². The van der Waals surface area contributed by atoms with Crippen molar-refractivity contribution in [3.05, 3.63) is 29.8 Å². The monoisotopic (exact) mass is 306 g/mol. The van der Waals surface area contributed by atoms with E-state index in [0.717, 1.165) is 26.1 Å². The van der Waals surface area contributed by atoms with E-state index in [1.54, 1.807) is 0 Å². The number of carbonyl (C=O) groups excluding carboxylic acids is 1. The number of ether oxygens (including phenoxy) is 2. The molecule has 22 heavy (non-hydrogen) atoms. The van der Waals surface area contributed by atoms with Gasteiger partial charge in [-0.25, -0.2) is 4.79 Å². The summed E-state index contributed by atoms with van der Waals surface area (Å²) < 4.78 is 9.89. The maximum atomic E-state index is 11.0. The zero-order valence-corrected chi connectivity index (χ0v) is 13.7. The van der Waals surface area contributed by atoms with Crippen LogP contribution in [0, 0.1) is 5.41 Å². The number of likely N-dealkylation sites (tertiary alicyclic amines) is 1. The number of nitrogens with zero attached hydrogens (tertiary/aromatic N) is 1. The number of piperidine rings is 1. The molecule has 122 valence electrons. The Morgan fingerprint density at radius 2 is 2.05 bits per heavy atom. The first-order chi connectivity index (χ1) is 10.4. The van der Waals surface area contributed by atoms with Gasteiger partial charge in [-0.15, -0.1) is 0 Å². The van der Waals surface area contributed by atoms with Crippen molar-refractivity contribution in [3.63, 3.8) is 0 Å². The molecule has 1 aliphatic rings. The third-order valence-corrected chi connectivity index (χ3v) is 4.31. The average molecular weight is 306 g/mol. The van der Waals surface area contributed by atoms with Crippen LogP contribution in [0.1, 0.15) is 25.8 Å². The Balaban J connectivity index is 1.87. The van der Waals surface area contributed by atoms with Crippen molar-refractivity contribution in [1.29, 1.82) is 0 Å². The first-order valence-corrected chi connectivity index (χ1v) is 7.67. The van der Waals surface area contributed by atoms with Gasteiger partial charge in [0.15, 0.2) is 6.61 Å². The maximum absolute atomic E-state index is 11.0. The van der Waals surface area contributed by atoms with Crippen molar-refractivity contribution < 1.29 is 14.3 Å². The SMILES string of the molecule is COC(=O)COc1ccc(CN2CCC(N)C(C)(C)C2)cc1. The molecule has 5 nitrogen and oxygen atoms in total. The molecule has 1 saturated heterocycles. The molecule has 0 bridgehead atoms. The molecule has 1 aromatic rings. The molecule has 2 N–H and O–H groups in total. The highest BCUT2D eigenvalue weighted by Gasteiger charge is 2.33. The molecule has 0 radical (unpaired) electrons. The van der Waals surface area contributed by atoms with Gasteiger partial charge in [0.1, 0.15) is 5.75 Å². The molecule has 5 heteroatoms. The Morgan fingerprint density at radius 3 is 2.64 bits per heavy atom. The lowest BCUT2D eigenvalue weighted by Crippen LogP contribution is -2.52. The fourth-order valence-corrected chi connectivity index (χ4v) is 2.77. The molecule has 1 aromatic carbocycles. The number of esters is 1. The van der Waals surface area contributed by atoms with Gasteiger partial charge in [-0.05, 0) is 29.5 Å². The molecule has 1 unspecified atom stereocenters. The van der Waals surface area contributed by atoms with Gasteiger partial charge >= 0.3 is 5.97 Å². The second kappa shape index (κ2) is 7.11. The van der Waals surface area contributed by atoms with E-state index in [0.29, 0.717) is 5.75 Å². The molecule has 0 saturated carbocycles. The van der Waals surface area contributed by atoms with Crippen LogP contribution in [-0.4, -0.2) is 43.7 Å². The summed E-state index contributed by atoms with van der Waals surface area (Å²) in [6.07, 6.45) is 1.04. The summed E-state index contributed by atoms with van der Waals surface area (Å²) in [7, 11) is 1.35. The van der Waals surface area contributed by atoms with Crippen LogP contribution < -0.4 is 10.5 Å². The topological polar surface area (TPSA) is 64.8 Å². The van der Waals surface area contributed by atoms with Crippen LogP contribution in [0.25, 0.3) is 0 Å². The molecule has 1 fully saturated rings. The first kappa shape index (κ1) is 16.8. The van der Waals surface area contributed by atoms with E-state index in [9.17, 15) is 4.79 Å². The molecule has 2 rings (SSSR count). The van der Waals surface area contributed by atoms with Gasteiger partial charge in [-0.1, -0.05) is 26.0 Å². The Hall–Kier alpha value is -1.59. The fourth-order valence-electron chi connectivity index (χ4n) is 2.77. The minimum Gasteiger partial charge on any atom is -0.482 e. The Kier molecular flexibility index (Phi) is 5.42. The molecule has 0 spiro atoms. The predicted molar refractivity (Wildman–Crippen MR) is 85.6 cm³/mol. The standard InChI is InChI=1S/C17H26N2O3/c1-17(2)12-19(9-8-15(17)18)10-13-4-6-14(7-5-13)22-11-16(20)21-3/h4-7,15H,8-12,18H2,1-3H3. The van der Waals surface area contributed by atoms with Crippen molar-refractivity contribution in [2.45, 2.75) is 32.9 Å². The molecule has 1 heterocycles. The van der Waals surface area contributed by atoms with Crippen LogP contribution in [0.3, 0.4) is 0 Å². The average Bonchev–Trinajstić information content (AvgIpc) is 2.49. The lowest BCUT2D eigenvalue weighted by molar-refractivity contribution is -0.142. The first-order valence-electron chi connectivity index (χ1n) is 7.67. The summed E-state index contributed by atoms with van der Waals surface area (Å²) in [4.78, 5) is 13.5. The van der Waals surface area contributed by atoms with Crippen LogP contribution in [0.5, 0.6) is 5.75 Å². The van der Waals surface area contributed by atoms with Crippen molar-refractivity contribution in [2.75, 3.05) is 26.8 Å². The van der Waals surface area contributed by atoms with Crippen molar-refractivity contribution in [1.82, 2.24) is 4.90 Å². The third-order valence-electron chi connectivity index (χ3n) is 4.31. The lowest BCUT2D eigenvalue weighted by Gasteiger charge is -2.42. The highest BCUT2D eigenvalue weighted by Crippen LogP contribution is 2.28. The zero-order chi connectivity index (χ0) is 16.2. The minimum atomic E-state index is -0.379. The highest BCUT2D eigenvalue weighted by atomic mass is 16.6. The normalized spacial score (nSPS) is 21.4. The van der Waals surface area contributed by atoms with Crippen LogP contribution in [0.4, 0.5) is 0 Å². The van der Waals surface area contributed by atoms with E-state index in [1.165, 1.54) is 12.7 Å². The lowest BCUT2D eigenvalue weighted by atomic mass is 9.79. The number of nitrogens with two attached hydrogens (primary N) is 1. The Morgan fingerprint density at radius 1 is 1.36 bits per heavy atom. The van der Waals surface area contributed by atoms with Crippen LogP contribution in [0.2, 0.25) is 0 Å². The second-order valence-electron chi connectivity index (χ2n) is 6.60. The summed E-state index contributed by atoms with van der Waals surface area (Å²) in [5, 5.41) is 0. The van der Waals surface area contributed by atoms with Crippen molar-refractivity contribution >= 4 is 5.97 Å². The largest absolute Gasteiger partial charge is 0.482 e. The zero-order valence-electron chi connectivity index (χ0n) is 13.7. The molecule has 0 amide bonds. The van der Waals surface area contributed by atoms with Gasteiger partial charge in [0.2, 0.25) is 0 Å². The molecular weight excluding hydrogens is 280 g/mol. The number of carbonyl (C=O) groups is 1. The Bertz CT molecular complexity index is 499. The summed E-state index contributed by atoms with van der Waals surface area (Å²) in [5.74, 6) is 0.297. The Labute approximate surface area is 132 Å². The highest BCUT2D eigenvalue weighted by molar-refractivity contribution is 5.70. The molecule has 0 aromatic heterocycles. The van der Waals surface area contributed by atoms with Crippen LogP contribution in [-0.2, 0) is 16.1 Å². The fraction of sp³-hybridized carbons (Fsp3) is 0.588. The summed E-state index contributed by atoms with van der Waals surface area (Å²) in [6, 6.07) is 8.12. The van der Waals surface area contributed by atoms with Gasteiger partial charge in [0, 0.05) is 25.7 Å². The maximum Gasteiger partial charge on any atom is 0.343 e. The summed E-state index contributed by atoms with van der Waals surface area (Å²) >= 11 is 0. The number of benzene rings is 1. The number of hydrogen-bond donors (Lipinski definition) is 1. The van der Waals surface area contributed by atoms with Gasteiger partial charge in [0.05, 0.1) is 7.11 Å². The van der Waals surface area contributed by atoms with Crippen LogP contribution >= 0.6 is 0 Å². The summed E-state index contributed by atoms with van der Waals surface area (Å²) in [6.45, 7) is 7.35. The number of rotatable bonds is 5. The van der Waals surface area contributed by atoms with E-state index in [-0.39, 0.29) is 24.0 Å².